The van der Waals surface area contributed by atoms with E-state index in [1.165, 1.54) is 18.0 Å². The Balaban J connectivity index is 1.79. The zero-order chi connectivity index (χ0) is 15.0. The van der Waals surface area contributed by atoms with E-state index in [9.17, 15) is 0 Å². The Bertz CT molecular complexity index is 583. The average molecular weight is 305 g/mol. The molecule has 0 N–H and O–H groups in total. The van der Waals surface area contributed by atoms with E-state index in [4.69, 9.17) is 4.98 Å². The van der Waals surface area contributed by atoms with Crippen LogP contribution in [-0.2, 0) is 5.41 Å². The van der Waals surface area contributed by atoms with Crippen molar-refractivity contribution in [2.75, 3.05) is 18.0 Å². The van der Waals surface area contributed by atoms with Crippen molar-refractivity contribution in [1.29, 1.82) is 0 Å². The molecule has 3 heterocycles. The highest BCUT2D eigenvalue weighted by molar-refractivity contribution is 7.09. The van der Waals surface area contributed by atoms with Crippen LogP contribution in [0.15, 0.2) is 18.7 Å². The summed E-state index contributed by atoms with van der Waals surface area (Å²) in [6.07, 6.45) is 7.01. The largest absolute Gasteiger partial charge is 0.345 e. The van der Waals surface area contributed by atoms with E-state index in [2.05, 4.69) is 52.7 Å². The van der Waals surface area contributed by atoms with E-state index in [0.29, 0.717) is 12.0 Å². The number of rotatable bonds is 2. The Hall–Kier alpha value is -1.43. The molecule has 2 atom stereocenters. The molecule has 3 rings (SSSR count). The van der Waals surface area contributed by atoms with Crippen molar-refractivity contribution in [2.45, 2.75) is 45.6 Å². The van der Waals surface area contributed by atoms with Gasteiger partial charge in [0.05, 0.1) is 12.4 Å². The third kappa shape index (κ3) is 2.95. The van der Waals surface area contributed by atoms with Crippen molar-refractivity contribution in [1.82, 2.24) is 18.9 Å². The molecule has 0 aromatic carbocycles. The van der Waals surface area contributed by atoms with Crippen LogP contribution in [0.3, 0.4) is 0 Å². The third-order valence-electron chi connectivity index (χ3n) is 4.18. The number of nitrogens with zero attached hydrogens (tertiary/aromatic N) is 5. The molecule has 114 valence electrons. The number of piperidine rings is 1. The van der Waals surface area contributed by atoms with Gasteiger partial charge < -0.3 is 9.47 Å². The minimum Gasteiger partial charge on any atom is -0.345 e. The Morgan fingerprint density at radius 3 is 2.76 bits per heavy atom. The van der Waals surface area contributed by atoms with E-state index in [1.54, 1.807) is 0 Å². The molecule has 2 aromatic heterocycles. The van der Waals surface area contributed by atoms with Gasteiger partial charge in [-0.25, -0.2) is 9.97 Å². The summed E-state index contributed by atoms with van der Waals surface area (Å²) in [6, 6.07) is 0.461. The van der Waals surface area contributed by atoms with E-state index >= 15 is 0 Å². The molecule has 0 saturated carbocycles. The molecule has 1 aliphatic rings. The summed E-state index contributed by atoms with van der Waals surface area (Å²) in [5.74, 6) is 1.60. The highest BCUT2D eigenvalue weighted by Gasteiger charge is 2.30. The fraction of sp³-hybridized carbons (Fsp3) is 0.667. The fourth-order valence-corrected chi connectivity index (χ4v) is 3.62. The van der Waals surface area contributed by atoms with Crippen LogP contribution in [0.25, 0.3) is 0 Å². The van der Waals surface area contributed by atoms with Gasteiger partial charge in [-0.05, 0) is 12.3 Å². The number of anilines is 1. The van der Waals surface area contributed by atoms with Crippen molar-refractivity contribution in [3.63, 3.8) is 0 Å². The molecule has 21 heavy (non-hydrogen) atoms. The molecule has 0 aliphatic carbocycles. The van der Waals surface area contributed by atoms with Gasteiger partial charge in [-0.3, -0.25) is 0 Å². The SMILES string of the molecule is CC1CCN(c2nc(C(C)(C)C)ns2)CC1n1ccnc1. The van der Waals surface area contributed by atoms with Crippen molar-refractivity contribution in [3.05, 3.63) is 24.5 Å². The first kappa shape index (κ1) is 14.5. The molecule has 2 aromatic rings. The van der Waals surface area contributed by atoms with Crippen LogP contribution in [0.5, 0.6) is 0 Å². The maximum absolute atomic E-state index is 4.75. The molecule has 5 nitrogen and oxygen atoms in total. The molecular formula is C15H23N5S. The number of aromatic nitrogens is 4. The second-order valence-corrected chi connectivity index (χ2v) is 7.67. The summed E-state index contributed by atoms with van der Waals surface area (Å²) in [4.78, 5) is 11.3. The first-order valence-corrected chi connectivity index (χ1v) is 8.29. The number of hydrogen-bond donors (Lipinski definition) is 0. The lowest BCUT2D eigenvalue weighted by atomic mass is 9.93. The summed E-state index contributed by atoms with van der Waals surface area (Å²) in [6.45, 7) is 10.8. The molecule has 0 spiro atoms. The molecule has 6 heteroatoms. The van der Waals surface area contributed by atoms with Gasteiger partial charge in [0, 0.05) is 42.4 Å². The monoisotopic (exact) mass is 305 g/mol. The molecule has 0 bridgehead atoms. The number of hydrogen-bond acceptors (Lipinski definition) is 5. The smallest absolute Gasteiger partial charge is 0.205 e. The Kier molecular flexibility index (Phi) is 3.73. The van der Waals surface area contributed by atoms with Gasteiger partial charge in [0.25, 0.3) is 0 Å². The molecule has 0 radical (unpaired) electrons. The predicted octanol–water partition coefficient (Wildman–Crippen LogP) is 3.12. The zero-order valence-corrected chi connectivity index (χ0v) is 14.0. The lowest BCUT2D eigenvalue weighted by Crippen LogP contribution is -2.40. The lowest BCUT2D eigenvalue weighted by Gasteiger charge is -2.37. The second-order valence-electron chi connectivity index (χ2n) is 6.94. The lowest BCUT2D eigenvalue weighted by molar-refractivity contribution is 0.298. The van der Waals surface area contributed by atoms with Crippen LogP contribution in [-0.4, -0.2) is 32.0 Å². The molecule has 1 saturated heterocycles. The Labute approximate surface area is 130 Å². The Morgan fingerprint density at radius 1 is 1.33 bits per heavy atom. The van der Waals surface area contributed by atoms with Crippen LogP contribution in [0.4, 0.5) is 5.13 Å². The molecular weight excluding hydrogens is 282 g/mol. The molecule has 0 amide bonds. The van der Waals surface area contributed by atoms with E-state index < -0.39 is 0 Å². The minimum atomic E-state index is 0.0155. The van der Waals surface area contributed by atoms with Gasteiger partial charge in [-0.1, -0.05) is 27.7 Å². The van der Waals surface area contributed by atoms with Crippen LogP contribution < -0.4 is 4.90 Å². The maximum Gasteiger partial charge on any atom is 0.205 e. The van der Waals surface area contributed by atoms with Gasteiger partial charge in [0.15, 0.2) is 0 Å². The summed E-state index contributed by atoms with van der Waals surface area (Å²) < 4.78 is 6.76. The third-order valence-corrected chi connectivity index (χ3v) is 4.96. The van der Waals surface area contributed by atoms with Crippen molar-refractivity contribution in [3.8, 4) is 0 Å². The van der Waals surface area contributed by atoms with Crippen molar-refractivity contribution >= 4 is 16.7 Å². The van der Waals surface area contributed by atoms with Crippen LogP contribution in [0.1, 0.15) is 46.0 Å². The quantitative estimate of drug-likeness (QED) is 0.855. The summed E-state index contributed by atoms with van der Waals surface area (Å²) in [5, 5.41) is 1.05. The first-order valence-electron chi connectivity index (χ1n) is 7.52. The summed E-state index contributed by atoms with van der Waals surface area (Å²) in [5.41, 5.74) is 0.0155. The van der Waals surface area contributed by atoms with E-state index in [1.807, 2.05) is 12.5 Å². The van der Waals surface area contributed by atoms with E-state index in [-0.39, 0.29) is 5.41 Å². The van der Waals surface area contributed by atoms with Crippen LogP contribution in [0, 0.1) is 5.92 Å². The standard InChI is InChI=1S/C15H23N5S/c1-11-5-7-19(9-12(11)20-8-6-16-10-20)14-17-13(18-21-14)15(2,3)4/h6,8,10-12H,5,7,9H2,1-4H3. The fourth-order valence-electron chi connectivity index (χ4n) is 2.72. The minimum absolute atomic E-state index is 0.0155. The van der Waals surface area contributed by atoms with E-state index in [0.717, 1.165) is 24.0 Å². The average Bonchev–Trinajstić information content (AvgIpc) is 3.10. The van der Waals surface area contributed by atoms with Gasteiger partial charge >= 0.3 is 0 Å². The normalized spacial score (nSPS) is 23.5. The topological polar surface area (TPSA) is 46.8 Å². The summed E-state index contributed by atoms with van der Waals surface area (Å²) >= 11 is 1.52. The summed E-state index contributed by atoms with van der Waals surface area (Å²) in [7, 11) is 0. The number of imidazole rings is 1. The van der Waals surface area contributed by atoms with Crippen molar-refractivity contribution in [2.24, 2.45) is 5.92 Å². The van der Waals surface area contributed by atoms with Crippen molar-refractivity contribution < 1.29 is 0 Å². The van der Waals surface area contributed by atoms with Gasteiger partial charge in [0.1, 0.15) is 5.82 Å². The van der Waals surface area contributed by atoms with Crippen LogP contribution >= 0.6 is 11.5 Å². The zero-order valence-electron chi connectivity index (χ0n) is 13.2. The first-order chi connectivity index (χ1) is 9.95. The van der Waals surface area contributed by atoms with Gasteiger partial charge in [0.2, 0.25) is 5.13 Å². The highest BCUT2D eigenvalue weighted by atomic mass is 32.1. The molecule has 1 aliphatic heterocycles. The highest BCUT2D eigenvalue weighted by Crippen LogP contribution is 2.32. The van der Waals surface area contributed by atoms with Gasteiger partial charge in [-0.15, -0.1) is 0 Å². The van der Waals surface area contributed by atoms with Gasteiger partial charge in [-0.2, -0.15) is 4.37 Å². The predicted molar refractivity (Wildman–Crippen MR) is 85.9 cm³/mol. The second kappa shape index (κ2) is 5.40. The molecule has 1 fully saturated rings. The Morgan fingerprint density at radius 2 is 2.14 bits per heavy atom. The van der Waals surface area contributed by atoms with Crippen LogP contribution in [0.2, 0.25) is 0 Å². The maximum atomic E-state index is 4.75. The molecule has 2 unspecified atom stereocenters.